The highest BCUT2D eigenvalue weighted by atomic mass is 32.2. The highest BCUT2D eigenvalue weighted by Gasteiger charge is 2.17. The summed E-state index contributed by atoms with van der Waals surface area (Å²) in [4.78, 5) is 12.4. The number of nitrogens with two attached hydrogens (primary N) is 1. The Balaban J connectivity index is 1.37. The number of hydrogen-bond donors (Lipinski definition) is 2. The number of nitrogens with zero attached hydrogens (tertiary/aromatic N) is 3. The summed E-state index contributed by atoms with van der Waals surface area (Å²) < 4.78 is 7.21. The van der Waals surface area contributed by atoms with E-state index < -0.39 is 0 Å². The van der Waals surface area contributed by atoms with Gasteiger partial charge in [0.15, 0.2) is 5.82 Å². The van der Waals surface area contributed by atoms with Crippen LogP contribution in [-0.4, -0.2) is 26.5 Å². The van der Waals surface area contributed by atoms with Crippen LogP contribution >= 0.6 is 11.8 Å². The number of nitrogen functional groups attached to an aromatic ring is 1. The molecule has 0 unspecified atom stereocenters. The summed E-state index contributed by atoms with van der Waals surface area (Å²) in [6.07, 6.45) is 0. The third-order valence-electron chi connectivity index (χ3n) is 4.56. The smallest absolute Gasteiger partial charge is 0.231 e. The first-order valence-electron chi connectivity index (χ1n) is 9.19. The number of carbonyl (C=O) groups excluding carboxylic acids is 1. The Morgan fingerprint density at radius 3 is 2.72 bits per heavy atom. The van der Waals surface area contributed by atoms with E-state index in [4.69, 9.17) is 10.3 Å². The van der Waals surface area contributed by atoms with Gasteiger partial charge in [-0.15, -0.1) is 10.2 Å². The summed E-state index contributed by atoms with van der Waals surface area (Å²) in [5, 5.41) is 12.7. The van der Waals surface area contributed by atoms with Crippen molar-refractivity contribution in [2.75, 3.05) is 11.6 Å². The van der Waals surface area contributed by atoms with Crippen LogP contribution in [0.1, 0.15) is 24.3 Å². The number of benzene rings is 2. The van der Waals surface area contributed by atoms with E-state index >= 15 is 0 Å². The Hall–Kier alpha value is -3.26. The van der Waals surface area contributed by atoms with Crippen LogP contribution in [-0.2, 0) is 4.79 Å². The second-order valence-corrected chi connectivity index (χ2v) is 7.75. The van der Waals surface area contributed by atoms with Crippen molar-refractivity contribution in [1.82, 2.24) is 20.2 Å². The molecule has 0 bridgehead atoms. The zero-order chi connectivity index (χ0) is 20.4. The molecule has 2 heterocycles. The zero-order valence-corrected chi connectivity index (χ0v) is 16.9. The Morgan fingerprint density at radius 2 is 1.97 bits per heavy atom. The number of amides is 1. The molecule has 29 heavy (non-hydrogen) atoms. The van der Waals surface area contributed by atoms with Gasteiger partial charge in [-0.1, -0.05) is 59.8 Å². The molecule has 0 radical (unpaired) electrons. The van der Waals surface area contributed by atoms with Gasteiger partial charge in [-0.25, -0.2) is 4.68 Å². The fourth-order valence-electron chi connectivity index (χ4n) is 2.98. The fraction of sp³-hybridized carbons (Fsp3) is 0.190. The summed E-state index contributed by atoms with van der Waals surface area (Å²) in [5.74, 6) is 7.43. The van der Waals surface area contributed by atoms with E-state index in [0.29, 0.717) is 16.7 Å². The lowest BCUT2D eigenvalue weighted by Crippen LogP contribution is -2.28. The van der Waals surface area contributed by atoms with Crippen LogP contribution in [0, 0.1) is 6.92 Å². The molecular weight excluding hydrogens is 386 g/mol. The highest BCUT2D eigenvalue weighted by molar-refractivity contribution is 7.99. The van der Waals surface area contributed by atoms with Gasteiger partial charge in [0.2, 0.25) is 11.1 Å². The number of aromatic nitrogens is 3. The molecule has 0 saturated heterocycles. The fourth-order valence-corrected chi connectivity index (χ4v) is 3.64. The predicted octanol–water partition coefficient (Wildman–Crippen LogP) is 3.68. The number of nitrogens with one attached hydrogen (secondary N) is 1. The molecule has 0 aliphatic rings. The van der Waals surface area contributed by atoms with Gasteiger partial charge in [0, 0.05) is 10.9 Å². The van der Waals surface area contributed by atoms with Gasteiger partial charge in [-0.2, -0.15) is 0 Å². The lowest BCUT2D eigenvalue weighted by atomic mass is 10.1. The lowest BCUT2D eigenvalue weighted by molar-refractivity contribution is -0.119. The van der Waals surface area contributed by atoms with Gasteiger partial charge >= 0.3 is 0 Å². The molecule has 0 spiro atoms. The second-order valence-electron chi connectivity index (χ2n) is 6.81. The maximum atomic E-state index is 12.4. The number of hydrogen-bond acceptors (Lipinski definition) is 6. The molecule has 0 aliphatic carbocycles. The van der Waals surface area contributed by atoms with Crippen molar-refractivity contribution in [1.29, 1.82) is 0 Å². The van der Waals surface area contributed by atoms with E-state index in [1.807, 2.05) is 68.4 Å². The van der Waals surface area contributed by atoms with Crippen LogP contribution in [0.4, 0.5) is 0 Å². The summed E-state index contributed by atoms with van der Waals surface area (Å²) in [6, 6.07) is 17.3. The maximum Gasteiger partial charge on any atom is 0.231 e. The van der Waals surface area contributed by atoms with Crippen LogP contribution in [0.25, 0.3) is 22.4 Å². The molecular formula is C21H21N5O2S. The van der Waals surface area contributed by atoms with Crippen molar-refractivity contribution in [3.8, 4) is 11.4 Å². The molecule has 2 aromatic heterocycles. The summed E-state index contributed by atoms with van der Waals surface area (Å²) in [6.45, 7) is 3.91. The average Bonchev–Trinajstić information content (AvgIpc) is 3.31. The molecule has 3 N–H and O–H groups in total. The summed E-state index contributed by atoms with van der Waals surface area (Å²) in [7, 11) is 0. The normalized spacial score (nSPS) is 12.2. The van der Waals surface area contributed by atoms with Gasteiger partial charge in [0.05, 0.1) is 11.8 Å². The van der Waals surface area contributed by atoms with Gasteiger partial charge in [-0.3, -0.25) is 4.79 Å². The van der Waals surface area contributed by atoms with Crippen molar-refractivity contribution in [3.63, 3.8) is 0 Å². The molecule has 8 heteroatoms. The zero-order valence-electron chi connectivity index (χ0n) is 16.1. The summed E-state index contributed by atoms with van der Waals surface area (Å²) >= 11 is 1.24. The monoisotopic (exact) mass is 407 g/mol. The molecule has 0 aliphatic heterocycles. The van der Waals surface area contributed by atoms with E-state index in [-0.39, 0.29) is 17.7 Å². The standard InChI is InChI=1S/C21H21N5O2S/c1-13-7-9-15(10-8-13)20-24-25-21(26(20)22)29-12-19(27)23-14(2)18-11-16-5-3-4-6-17(16)28-18/h3-11,14H,12,22H2,1-2H3,(H,23,27)/t14-/m1/s1. The SMILES string of the molecule is Cc1ccc(-c2nnc(SCC(=O)N[C@H](C)c3cc4ccccc4o3)n2N)cc1. The average molecular weight is 407 g/mol. The molecule has 4 aromatic rings. The van der Waals surface area contributed by atoms with Crippen LogP contribution in [0.5, 0.6) is 0 Å². The molecule has 0 fully saturated rings. The highest BCUT2D eigenvalue weighted by Crippen LogP contribution is 2.24. The quantitative estimate of drug-likeness (QED) is 0.374. The Kier molecular flexibility index (Phi) is 5.26. The first kappa shape index (κ1) is 19.1. The molecule has 1 amide bonds. The molecule has 0 saturated carbocycles. The molecule has 148 valence electrons. The number of fused-ring (bicyclic) bond motifs is 1. The van der Waals surface area contributed by atoms with Crippen molar-refractivity contribution >= 4 is 28.6 Å². The van der Waals surface area contributed by atoms with Gasteiger partial charge in [0.25, 0.3) is 0 Å². The lowest BCUT2D eigenvalue weighted by Gasteiger charge is -2.11. The minimum atomic E-state index is -0.241. The number of furan rings is 1. The number of thioether (sulfide) groups is 1. The van der Waals surface area contributed by atoms with E-state index in [9.17, 15) is 4.79 Å². The van der Waals surface area contributed by atoms with E-state index in [1.165, 1.54) is 16.4 Å². The number of rotatable bonds is 6. The van der Waals surface area contributed by atoms with Crippen LogP contribution < -0.4 is 11.2 Å². The topological polar surface area (TPSA) is 99.0 Å². The molecule has 7 nitrogen and oxygen atoms in total. The first-order chi connectivity index (χ1) is 14.0. The number of aryl methyl sites for hydroxylation is 1. The second kappa shape index (κ2) is 8.00. The van der Waals surface area contributed by atoms with Crippen LogP contribution in [0.2, 0.25) is 0 Å². The summed E-state index contributed by atoms with van der Waals surface area (Å²) in [5.41, 5.74) is 2.83. The first-order valence-corrected chi connectivity index (χ1v) is 10.2. The minimum Gasteiger partial charge on any atom is -0.459 e. The van der Waals surface area contributed by atoms with Gasteiger partial charge < -0.3 is 15.6 Å². The Morgan fingerprint density at radius 1 is 1.21 bits per heavy atom. The Bertz CT molecular complexity index is 1120. The van der Waals surface area contributed by atoms with Crippen molar-refractivity contribution in [3.05, 3.63) is 65.9 Å². The molecule has 2 aromatic carbocycles. The van der Waals surface area contributed by atoms with Gasteiger partial charge in [-0.05, 0) is 26.0 Å². The van der Waals surface area contributed by atoms with E-state index in [0.717, 1.165) is 22.1 Å². The van der Waals surface area contributed by atoms with Crippen molar-refractivity contribution in [2.45, 2.75) is 25.0 Å². The van der Waals surface area contributed by atoms with Crippen molar-refractivity contribution < 1.29 is 9.21 Å². The largest absolute Gasteiger partial charge is 0.459 e. The molecule has 4 rings (SSSR count). The Labute approximate surface area is 172 Å². The minimum absolute atomic E-state index is 0.136. The number of para-hydroxylation sites is 1. The molecule has 1 atom stereocenters. The maximum absolute atomic E-state index is 12.4. The van der Waals surface area contributed by atoms with Crippen molar-refractivity contribution in [2.24, 2.45) is 0 Å². The van der Waals surface area contributed by atoms with Crippen LogP contribution in [0.3, 0.4) is 0 Å². The third-order valence-corrected chi connectivity index (χ3v) is 5.50. The van der Waals surface area contributed by atoms with E-state index in [2.05, 4.69) is 15.5 Å². The van der Waals surface area contributed by atoms with Gasteiger partial charge in [0.1, 0.15) is 11.3 Å². The third kappa shape index (κ3) is 4.12. The predicted molar refractivity (Wildman–Crippen MR) is 114 cm³/mol. The number of carbonyl (C=O) groups is 1. The van der Waals surface area contributed by atoms with Crippen LogP contribution in [0.15, 0.2) is 64.2 Å². The van der Waals surface area contributed by atoms with E-state index in [1.54, 1.807) is 0 Å².